The first-order valence-electron chi connectivity index (χ1n) is 1.31. The second-order valence-corrected chi connectivity index (χ2v) is 3.16. The van der Waals surface area contributed by atoms with Crippen molar-refractivity contribution in [3.8, 4) is 0 Å². The van der Waals surface area contributed by atoms with Gasteiger partial charge in [0.25, 0.3) is 0 Å². The Morgan fingerprint density at radius 2 is 1.86 bits per heavy atom. The highest BCUT2D eigenvalue weighted by Crippen LogP contribution is 2.22. The van der Waals surface area contributed by atoms with Gasteiger partial charge < -0.3 is 5.21 Å². The molecule has 0 aromatic heterocycles. The van der Waals surface area contributed by atoms with E-state index in [1.165, 1.54) is 0 Å². The average molecular weight is 162 g/mol. The lowest BCUT2D eigenvalue weighted by Gasteiger charge is -1.96. The average Bonchev–Trinajstić information content (AvgIpc) is 1.30. The van der Waals surface area contributed by atoms with Crippen molar-refractivity contribution in [3.63, 3.8) is 0 Å². The molecule has 0 atom stereocenters. The Balaban J connectivity index is 3.56. The number of hydrogen-bond acceptors (Lipinski definition) is 2. The summed E-state index contributed by atoms with van der Waals surface area (Å²) in [6, 6.07) is 0. The van der Waals surface area contributed by atoms with Crippen LogP contribution in [0.4, 0.5) is 0 Å². The van der Waals surface area contributed by atoms with Gasteiger partial charge in [-0.05, 0) is 0 Å². The van der Waals surface area contributed by atoms with Crippen molar-refractivity contribution in [1.29, 1.82) is 0 Å². The van der Waals surface area contributed by atoms with Crippen LogP contribution < -0.4 is 0 Å². The Bertz CT molecular complexity index is 75.5. The fourth-order valence-electron chi connectivity index (χ4n) is 0.0655. The van der Waals surface area contributed by atoms with Crippen molar-refractivity contribution in [3.05, 3.63) is 0 Å². The van der Waals surface area contributed by atoms with Crippen molar-refractivity contribution in [2.45, 2.75) is 3.79 Å². The smallest absolute Gasteiger partial charge is 0.229 e. The number of hydrogen-bond donors (Lipinski definition) is 1. The number of rotatable bonds is 0. The standard InChI is InChI=1S/C2H2Cl3NO/c3-2(4,5)1-6-7/h1,7H/b6-1+. The van der Waals surface area contributed by atoms with E-state index in [9.17, 15) is 0 Å². The predicted octanol–water partition coefficient (Wildman–Crippen LogP) is 1.82. The van der Waals surface area contributed by atoms with E-state index in [2.05, 4.69) is 5.16 Å². The summed E-state index contributed by atoms with van der Waals surface area (Å²) in [5, 5.41) is 10.2. The maximum absolute atomic E-state index is 7.72. The SMILES string of the molecule is O/N=C/C(Cl)(Cl)Cl. The van der Waals surface area contributed by atoms with Gasteiger partial charge in [0.05, 0.1) is 6.21 Å². The summed E-state index contributed by atoms with van der Waals surface area (Å²) in [5.41, 5.74) is 0. The van der Waals surface area contributed by atoms with Crippen LogP contribution in [0.15, 0.2) is 5.16 Å². The van der Waals surface area contributed by atoms with Gasteiger partial charge in [-0.3, -0.25) is 0 Å². The van der Waals surface area contributed by atoms with E-state index in [0.717, 1.165) is 6.21 Å². The second-order valence-electron chi connectivity index (χ2n) is 0.786. The lowest BCUT2D eigenvalue weighted by Crippen LogP contribution is -2.01. The molecule has 0 aliphatic heterocycles. The zero-order valence-corrected chi connectivity index (χ0v) is 5.37. The highest BCUT2D eigenvalue weighted by molar-refractivity contribution is 6.74. The predicted molar refractivity (Wildman–Crippen MR) is 30.6 cm³/mol. The highest BCUT2D eigenvalue weighted by Gasteiger charge is 2.14. The van der Waals surface area contributed by atoms with E-state index < -0.39 is 3.79 Å². The van der Waals surface area contributed by atoms with Crippen LogP contribution in [0.5, 0.6) is 0 Å². The third-order valence-electron chi connectivity index (χ3n) is 0.204. The first-order chi connectivity index (χ1) is 3.06. The summed E-state index contributed by atoms with van der Waals surface area (Å²) in [5.74, 6) is 0. The molecule has 0 heterocycles. The van der Waals surface area contributed by atoms with Crippen LogP contribution in [0.1, 0.15) is 0 Å². The number of oxime groups is 1. The molecule has 7 heavy (non-hydrogen) atoms. The summed E-state index contributed by atoms with van der Waals surface area (Å²) >= 11 is 15.2. The summed E-state index contributed by atoms with van der Waals surface area (Å²) in [6.07, 6.45) is 0.789. The normalized spacial score (nSPS) is 13.0. The number of halogens is 3. The summed E-state index contributed by atoms with van der Waals surface area (Å²) in [6.45, 7) is 0. The molecule has 0 rings (SSSR count). The summed E-state index contributed by atoms with van der Waals surface area (Å²) in [7, 11) is 0. The lowest BCUT2D eigenvalue weighted by atomic mass is 10.9. The third kappa shape index (κ3) is 6.34. The van der Waals surface area contributed by atoms with Crippen molar-refractivity contribution in [2.24, 2.45) is 5.16 Å². The quantitative estimate of drug-likeness (QED) is 0.251. The van der Waals surface area contributed by atoms with E-state index >= 15 is 0 Å². The fraction of sp³-hybridized carbons (Fsp3) is 0.500. The summed E-state index contributed by atoms with van der Waals surface area (Å²) < 4.78 is -1.57. The molecule has 0 saturated heterocycles. The molecule has 1 N–H and O–H groups in total. The minimum atomic E-state index is -1.57. The van der Waals surface area contributed by atoms with E-state index in [0.29, 0.717) is 0 Å². The van der Waals surface area contributed by atoms with Crippen molar-refractivity contribution >= 4 is 41.0 Å². The molecule has 0 fully saturated rings. The van der Waals surface area contributed by atoms with Gasteiger partial charge in [0.2, 0.25) is 3.79 Å². The molecule has 0 aromatic carbocycles. The molecule has 0 spiro atoms. The van der Waals surface area contributed by atoms with E-state index in [1.54, 1.807) is 0 Å². The van der Waals surface area contributed by atoms with E-state index in [1.807, 2.05) is 0 Å². The Morgan fingerprint density at radius 1 is 1.43 bits per heavy atom. The van der Waals surface area contributed by atoms with Crippen LogP contribution in [-0.2, 0) is 0 Å². The van der Waals surface area contributed by atoms with Crippen LogP contribution in [0.2, 0.25) is 0 Å². The molecular weight excluding hydrogens is 160 g/mol. The van der Waals surface area contributed by atoms with Gasteiger partial charge in [0.1, 0.15) is 0 Å². The topological polar surface area (TPSA) is 32.6 Å². The van der Waals surface area contributed by atoms with Gasteiger partial charge >= 0.3 is 0 Å². The number of nitrogens with zero attached hydrogens (tertiary/aromatic N) is 1. The highest BCUT2D eigenvalue weighted by atomic mass is 35.6. The largest absolute Gasteiger partial charge is 0.411 e. The van der Waals surface area contributed by atoms with Crippen LogP contribution >= 0.6 is 34.8 Å². The molecule has 0 saturated carbocycles. The van der Waals surface area contributed by atoms with E-state index in [4.69, 9.17) is 40.0 Å². The Kier molecular flexibility index (Phi) is 2.73. The van der Waals surface area contributed by atoms with E-state index in [-0.39, 0.29) is 0 Å². The summed E-state index contributed by atoms with van der Waals surface area (Å²) in [4.78, 5) is 0. The van der Waals surface area contributed by atoms with Crippen molar-refractivity contribution < 1.29 is 5.21 Å². The van der Waals surface area contributed by atoms with Crippen molar-refractivity contribution in [1.82, 2.24) is 0 Å². The van der Waals surface area contributed by atoms with Crippen molar-refractivity contribution in [2.75, 3.05) is 0 Å². The molecule has 0 bridgehead atoms. The van der Waals surface area contributed by atoms with Gasteiger partial charge in [0.15, 0.2) is 0 Å². The van der Waals surface area contributed by atoms with Gasteiger partial charge in [-0.15, -0.1) is 0 Å². The van der Waals surface area contributed by atoms with Crippen LogP contribution in [0.3, 0.4) is 0 Å². The Hall–Kier alpha value is 0.340. The second kappa shape index (κ2) is 2.60. The maximum atomic E-state index is 7.72. The van der Waals surface area contributed by atoms with Gasteiger partial charge in [-0.25, -0.2) is 0 Å². The van der Waals surface area contributed by atoms with Gasteiger partial charge in [-0.1, -0.05) is 40.0 Å². The third-order valence-corrected chi connectivity index (χ3v) is 0.497. The maximum Gasteiger partial charge on any atom is 0.229 e. The first kappa shape index (κ1) is 7.34. The zero-order chi connectivity index (χ0) is 5.91. The molecule has 0 aliphatic rings. The van der Waals surface area contributed by atoms with Gasteiger partial charge in [0, 0.05) is 0 Å². The fourth-order valence-corrected chi connectivity index (χ4v) is 0.196. The molecule has 5 heteroatoms. The molecule has 0 unspecified atom stereocenters. The molecule has 0 aliphatic carbocycles. The van der Waals surface area contributed by atoms with Crippen LogP contribution in [0, 0.1) is 0 Å². The molecule has 42 valence electrons. The minimum Gasteiger partial charge on any atom is -0.411 e. The first-order valence-corrected chi connectivity index (χ1v) is 2.45. The zero-order valence-electron chi connectivity index (χ0n) is 3.11. The van der Waals surface area contributed by atoms with Crippen LogP contribution in [0.25, 0.3) is 0 Å². The molecule has 0 aromatic rings. The number of alkyl halides is 3. The Labute approximate surface area is 55.7 Å². The van der Waals surface area contributed by atoms with Gasteiger partial charge in [-0.2, -0.15) is 0 Å². The lowest BCUT2D eigenvalue weighted by molar-refractivity contribution is 0.321. The van der Waals surface area contributed by atoms with Crippen LogP contribution in [-0.4, -0.2) is 15.2 Å². The Morgan fingerprint density at radius 3 is 1.86 bits per heavy atom. The molecule has 0 radical (unpaired) electrons. The molecule has 0 amide bonds. The monoisotopic (exact) mass is 161 g/mol. The minimum absolute atomic E-state index is 0.789. The molecular formula is C2H2Cl3NO. The molecule has 2 nitrogen and oxygen atoms in total.